The average molecular weight is 550 g/mol. The van der Waals surface area contributed by atoms with E-state index < -0.39 is 52.6 Å². The van der Waals surface area contributed by atoms with Gasteiger partial charge in [0.25, 0.3) is 0 Å². The van der Waals surface area contributed by atoms with Crippen LogP contribution in [0.5, 0.6) is 5.75 Å². The predicted molar refractivity (Wildman–Crippen MR) is 136 cm³/mol. The van der Waals surface area contributed by atoms with Gasteiger partial charge in [0, 0.05) is 36.6 Å². The Morgan fingerprint density at radius 3 is 2.62 bits per heavy atom. The second-order valence-corrected chi connectivity index (χ2v) is 12.1. The number of amides is 1. The Labute approximate surface area is 218 Å². The van der Waals surface area contributed by atoms with Crippen LogP contribution in [0.1, 0.15) is 46.9 Å². The molecule has 1 saturated heterocycles. The van der Waals surface area contributed by atoms with Crippen LogP contribution in [-0.2, 0) is 26.0 Å². The molecule has 2 aliphatic heterocycles. The number of carboxylic acids is 1. The number of carbonyl (C=O) groups is 3. The lowest BCUT2D eigenvalue weighted by Crippen LogP contribution is -2.45. The summed E-state index contributed by atoms with van der Waals surface area (Å²) < 4.78 is 30.3. The number of aromatic carboxylic acids is 1. The molecule has 2 aromatic rings. The minimum Gasteiger partial charge on any atom is -0.535 e. The predicted octanol–water partition coefficient (Wildman–Crippen LogP) is 0.697. The summed E-state index contributed by atoms with van der Waals surface area (Å²) in [4.78, 5) is 42.1. The Balaban J connectivity index is 1.48. The fraction of sp³-hybridized carbons (Fsp3) is 0.455. The Morgan fingerprint density at radius 2 is 2.03 bits per heavy atom. The molecule has 0 spiro atoms. The van der Waals surface area contributed by atoms with Crippen molar-refractivity contribution in [2.75, 3.05) is 25.1 Å². The highest BCUT2D eigenvalue weighted by atomic mass is 32.2. The quantitative estimate of drug-likeness (QED) is 0.341. The van der Waals surface area contributed by atoms with E-state index in [-0.39, 0.29) is 48.1 Å². The Kier molecular flexibility index (Phi) is 7.87. The van der Waals surface area contributed by atoms with Crippen LogP contribution in [0.2, 0.25) is 5.82 Å². The normalized spacial score (nSPS) is 19.5. The number of para-hydroxylation sites is 1. The van der Waals surface area contributed by atoms with Crippen LogP contribution in [0, 0.1) is 5.92 Å². The van der Waals surface area contributed by atoms with Gasteiger partial charge in [-0.25, -0.2) is 22.5 Å². The number of fused-ring (bicyclic) bond motifs is 1. The molecule has 4 rings (SSSR count). The molecule has 5 N–H and O–H groups in total. The van der Waals surface area contributed by atoms with Crippen LogP contribution in [0.15, 0.2) is 23.6 Å². The third kappa shape index (κ3) is 6.12. The second kappa shape index (κ2) is 10.8. The monoisotopic (exact) mass is 550 g/mol. The molecule has 1 unspecified atom stereocenters. The fourth-order valence-corrected chi connectivity index (χ4v) is 6.13. The van der Waals surface area contributed by atoms with Crippen molar-refractivity contribution in [2.24, 2.45) is 5.92 Å². The summed E-state index contributed by atoms with van der Waals surface area (Å²) in [6.07, 6.45) is 1.78. The second-order valence-electron chi connectivity index (χ2n) is 9.23. The standard InChI is InChI=1S/C22H27BN4O8S2/c1-37(33,34)27-7-5-12(6-8-27)20(29)26-18(16-11-36-22(24)25-16)17(28)10-14-9-13-3-2-4-15(21(30)31)19(13)35-23(14)32/h2-4,11-12,14,18,32H,5-10H2,1H3,(H2,24,25)(H,26,29)(H,30,31)/t14-,18?/m1/s1. The summed E-state index contributed by atoms with van der Waals surface area (Å²) in [6.45, 7) is 0.422. The van der Waals surface area contributed by atoms with Crippen molar-refractivity contribution < 1.29 is 37.6 Å². The number of rotatable bonds is 8. The minimum atomic E-state index is -3.35. The number of Topliss-reactive ketones (excluding diaryl/α,β-unsaturated/α-hetero) is 1. The molecule has 1 aromatic heterocycles. The van der Waals surface area contributed by atoms with E-state index in [0.29, 0.717) is 18.4 Å². The molecule has 1 aromatic carbocycles. The summed E-state index contributed by atoms with van der Waals surface area (Å²) in [5.74, 6) is -3.09. The number of carbonyl (C=O) groups excluding carboxylic acids is 2. The van der Waals surface area contributed by atoms with Crippen LogP contribution >= 0.6 is 11.3 Å². The minimum absolute atomic E-state index is 0.0729. The lowest BCUT2D eigenvalue weighted by atomic mass is 9.64. The molecule has 1 amide bonds. The third-order valence-corrected chi connectivity index (χ3v) is 8.65. The number of nitrogens with two attached hydrogens (primary N) is 1. The van der Waals surface area contributed by atoms with Crippen LogP contribution in [0.3, 0.4) is 0 Å². The van der Waals surface area contributed by atoms with Crippen LogP contribution in [0.25, 0.3) is 0 Å². The summed E-state index contributed by atoms with van der Waals surface area (Å²) >= 11 is 1.12. The SMILES string of the molecule is CS(=O)(=O)N1CCC(C(=O)NC(C(=O)C[C@H]2Cc3cccc(C(=O)O)c3OB2O)c2csc(N)n2)CC1. The van der Waals surface area contributed by atoms with Gasteiger partial charge in [-0.05, 0) is 30.9 Å². The number of ketones is 1. The first kappa shape index (κ1) is 27.0. The lowest BCUT2D eigenvalue weighted by Gasteiger charge is -2.31. The molecule has 2 aliphatic rings. The van der Waals surface area contributed by atoms with Crippen LogP contribution in [0.4, 0.5) is 5.13 Å². The molecule has 2 atom stereocenters. The van der Waals surface area contributed by atoms with Gasteiger partial charge in [-0.1, -0.05) is 12.1 Å². The van der Waals surface area contributed by atoms with Gasteiger partial charge in [0.1, 0.15) is 11.8 Å². The van der Waals surface area contributed by atoms with Crippen molar-refractivity contribution in [3.05, 3.63) is 40.4 Å². The number of carboxylic acid groups (broad SMARTS) is 1. The van der Waals surface area contributed by atoms with Gasteiger partial charge in [-0.2, -0.15) is 0 Å². The molecular weight excluding hydrogens is 523 g/mol. The Hall–Kier alpha value is -3.01. The largest absolute Gasteiger partial charge is 0.535 e. The summed E-state index contributed by atoms with van der Waals surface area (Å²) in [5.41, 5.74) is 6.51. The van der Waals surface area contributed by atoms with E-state index >= 15 is 0 Å². The zero-order chi connectivity index (χ0) is 26.9. The zero-order valence-corrected chi connectivity index (χ0v) is 21.6. The summed E-state index contributed by atoms with van der Waals surface area (Å²) in [5, 5.41) is 24.5. The van der Waals surface area contributed by atoms with Gasteiger partial charge >= 0.3 is 13.1 Å². The van der Waals surface area contributed by atoms with E-state index in [1.165, 1.54) is 10.4 Å². The number of thiazole rings is 1. The van der Waals surface area contributed by atoms with E-state index in [4.69, 9.17) is 10.4 Å². The number of nitrogen functional groups attached to an aromatic ring is 1. The van der Waals surface area contributed by atoms with Crippen molar-refractivity contribution in [1.29, 1.82) is 0 Å². The highest BCUT2D eigenvalue weighted by Crippen LogP contribution is 2.37. The topological polar surface area (TPSA) is 189 Å². The average Bonchev–Trinajstić information content (AvgIpc) is 3.27. The van der Waals surface area contributed by atoms with E-state index in [1.54, 1.807) is 17.5 Å². The van der Waals surface area contributed by atoms with Gasteiger partial charge < -0.3 is 25.8 Å². The first-order chi connectivity index (χ1) is 17.4. The molecule has 37 heavy (non-hydrogen) atoms. The van der Waals surface area contributed by atoms with Gasteiger partial charge in [-0.15, -0.1) is 11.3 Å². The molecule has 0 bridgehead atoms. The van der Waals surface area contributed by atoms with Gasteiger partial charge in [0.15, 0.2) is 10.9 Å². The molecule has 0 aliphatic carbocycles. The number of benzene rings is 1. The number of piperidine rings is 1. The molecule has 3 heterocycles. The number of hydrogen-bond acceptors (Lipinski definition) is 10. The first-order valence-corrected chi connectivity index (χ1v) is 14.4. The van der Waals surface area contributed by atoms with Crippen LogP contribution in [-0.4, -0.2) is 72.0 Å². The molecule has 12 nitrogen and oxygen atoms in total. The fourth-order valence-electron chi connectivity index (χ4n) is 4.67. The highest BCUT2D eigenvalue weighted by molar-refractivity contribution is 7.88. The maximum Gasteiger partial charge on any atom is 0.526 e. The Bertz CT molecular complexity index is 1310. The number of aromatic nitrogens is 1. The van der Waals surface area contributed by atoms with E-state index in [9.17, 15) is 32.9 Å². The van der Waals surface area contributed by atoms with Gasteiger partial charge in [0.05, 0.1) is 17.5 Å². The number of sulfonamides is 1. The maximum atomic E-state index is 13.4. The molecule has 198 valence electrons. The first-order valence-electron chi connectivity index (χ1n) is 11.6. The lowest BCUT2D eigenvalue weighted by molar-refractivity contribution is -0.131. The number of nitrogens with one attached hydrogen (secondary N) is 1. The highest BCUT2D eigenvalue weighted by Gasteiger charge is 2.40. The molecule has 0 radical (unpaired) electrons. The van der Waals surface area contributed by atoms with Crippen molar-refractivity contribution in [3.8, 4) is 5.75 Å². The summed E-state index contributed by atoms with van der Waals surface area (Å²) in [6, 6.07) is 3.50. The number of nitrogens with zero attached hydrogens (tertiary/aromatic N) is 2. The Morgan fingerprint density at radius 1 is 1.32 bits per heavy atom. The van der Waals surface area contributed by atoms with Crippen molar-refractivity contribution in [1.82, 2.24) is 14.6 Å². The van der Waals surface area contributed by atoms with Crippen molar-refractivity contribution in [3.63, 3.8) is 0 Å². The third-order valence-electron chi connectivity index (χ3n) is 6.65. The van der Waals surface area contributed by atoms with Crippen molar-refractivity contribution in [2.45, 2.75) is 37.5 Å². The number of hydrogen-bond donors (Lipinski definition) is 4. The molecule has 15 heteroatoms. The van der Waals surface area contributed by atoms with E-state index in [1.807, 2.05) is 0 Å². The molecular formula is C22H27BN4O8S2. The van der Waals surface area contributed by atoms with E-state index in [2.05, 4.69) is 10.3 Å². The maximum absolute atomic E-state index is 13.4. The van der Waals surface area contributed by atoms with Gasteiger partial charge in [0.2, 0.25) is 15.9 Å². The van der Waals surface area contributed by atoms with Crippen molar-refractivity contribution >= 4 is 51.3 Å². The molecule has 1 fully saturated rings. The smallest absolute Gasteiger partial charge is 0.526 e. The molecule has 0 saturated carbocycles. The van der Waals surface area contributed by atoms with E-state index in [0.717, 1.165) is 17.6 Å². The van der Waals surface area contributed by atoms with Crippen LogP contribution < -0.4 is 15.7 Å². The number of anilines is 1. The summed E-state index contributed by atoms with van der Waals surface area (Å²) in [7, 11) is -4.77. The zero-order valence-electron chi connectivity index (χ0n) is 20.0. The van der Waals surface area contributed by atoms with Gasteiger partial charge in [-0.3, -0.25) is 9.59 Å².